The Morgan fingerprint density at radius 1 is 1.45 bits per heavy atom. The van der Waals surface area contributed by atoms with Crippen LogP contribution in [0.2, 0.25) is 0 Å². The van der Waals surface area contributed by atoms with Crippen LogP contribution >= 0.6 is 0 Å². The highest BCUT2D eigenvalue weighted by Crippen LogP contribution is 2.22. The zero-order valence-corrected chi connectivity index (χ0v) is 10.6. The Labute approximate surface area is 114 Å². The Hall–Kier alpha value is -2.49. The molecule has 1 unspecified atom stereocenters. The van der Waals surface area contributed by atoms with E-state index in [1.54, 1.807) is 0 Å². The van der Waals surface area contributed by atoms with E-state index in [2.05, 4.69) is 0 Å². The van der Waals surface area contributed by atoms with Crippen molar-refractivity contribution in [3.8, 4) is 6.07 Å². The van der Waals surface area contributed by atoms with E-state index in [4.69, 9.17) is 5.26 Å². The number of nitriles is 1. The highest BCUT2D eigenvalue weighted by atomic mass is 19.1. The maximum atomic E-state index is 13.4. The van der Waals surface area contributed by atoms with E-state index in [1.165, 1.54) is 4.90 Å². The molecule has 1 atom stereocenters. The molecule has 0 N–H and O–H groups in total. The molecular weight excluding hydrogens is 265 g/mol. The number of hydrogen-bond acceptors (Lipinski definition) is 4. The Kier molecular flexibility index (Phi) is 3.94. The number of carbonyl (C=O) groups excluding carboxylic acids is 1. The molecule has 0 saturated carbocycles. The van der Waals surface area contributed by atoms with E-state index < -0.39 is 28.4 Å². The van der Waals surface area contributed by atoms with Crippen LogP contribution in [-0.4, -0.2) is 28.3 Å². The van der Waals surface area contributed by atoms with Gasteiger partial charge in [-0.1, -0.05) is 0 Å². The van der Waals surface area contributed by atoms with Crippen LogP contribution in [0.5, 0.6) is 0 Å². The Morgan fingerprint density at radius 3 is 2.85 bits per heavy atom. The van der Waals surface area contributed by atoms with Gasteiger partial charge in [0, 0.05) is 18.2 Å². The van der Waals surface area contributed by atoms with Crippen LogP contribution < -0.4 is 0 Å². The van der Waals surface area contributed by atoms with Crippen LogP contribution in [0, 0.1) is 27.3 Å². The van der Waals surface area contributed by atoms with Gasteiger partial charge in [-0.25, -0.2) is 4.39 Å². The number of amides is 1. The number of nitrogens with zero attached hydrogens (tertiary/aromatic N) is 3. The Balaban J connectivity index is 2.33. The summed E-state index contributed by atoms with van der Waals surface area (Å²) in [5.41, 5.74) is -0.572. The van der Waals surface area contributed by atoms with Gasteiger partial charge in [0.25, 0.3) is 11.6 Å². The third-order valence-corrected chi connectivity index (χ3v) is 3.25. The van der Waals surface area contributed by atoms with Crippen LogP contribution in [0.4, 0.5) is 10.1 Å². The van der Waals surface area contributed by atoms with Crippen LogP contribution in [0.25, 0.3) is 0 Å². The lowest BCUT2D eigenvalue weighted by Gasteiger charge is -2.31. The summed E-state index contributed by atoms with van der Waals surface area (Å²) < 4.78 is 13.4. The van der Waals surface area contributed by atoms with Crippen molar-refractivity contribution in [2.24, 2.45) is 0 Å². The second kappa shape index (κ2) is 5.65. The molecule has 1 heterocycles. The standard InChI is InChI=1S/C13H12FN3O3/c14-10-5-9(6-12(7-10)17(19)20)13(18)16-4-2-1-3-11(16)8-15/h5-7,11H,1-4H2. The van der Waals surface area contributed by atoms with Gasteiger partial charge in [-0.2, -0.15) is 5.26 Å². The molecule has 104 valence electrons. The van der Waals surface area contributed by atoms with Crippen molar-refractivity contribution in [1.82, 2.24) is 4.90 Å². The molecule has 1 aliphatic heterocycles. The number of carbonyl (C=O) groups is 1. The molecule has 0 aliphatic carbocycles. The van der Waals surface area contributed by atoms with Crippen LogP contribution in [0.15, 0.2) is 18.2 Å². The largest absolute Gasteiger partial charge is 0.323 e. The van der Waals surface area contributed by atoms with Crippen molar-refractivity contribution in [1.29, 1.82) is 5.26 Å². The summed E-state index contributed by atoms with van der Waals surface area (Å²) in [6, 6.07) is 4.23. The average molecular weight is 277 g/mol. The van der Waals surface area contributed by atoms with Gasteiger partial charge in [0.05, 0.1) is 17.1 Å². The second-order valence-corrected chi connectivity index (χ2v) is 4.59. The maximum absolute atomic E-state index is 13.4. The Morgan fingerprint density at radius 2 is 2.20 bits per heavy atom. The molecule has 1 saturated heterocycles. The topological polar surface area (TPSA) is 87.2 Å². The summed E-state index contributed by atoms with van der Waals surface area (Å²) in [6.45, 7) is 0.404. The van der Waals surface area contributed by atoms with Crippen molar-refractivity contribution in [2.75, 3.05) is 6.54 Å². The van der Waals surface area contributed by atoms with Crippen LogP contribution in [-0.2, 0) is 0 Å². The number of nitro benzene ring substituents is 1. The number of benzene rings is 1. The fourth-order valence-corrected chi connectivity index (χ4v) is 2.28. The predicted octanol–water partition coefficient (Wildman–Crippen LogP) is 2.25. The van der Waals surface area contributed by atoms with E-state index >= 15 is 0 Å². The molecule has 0 bridgehead atoms. The van der Waals surface area contributed by atoms with Gasteiger partial charge in [0.1, 0.15) is 11.9 Å². The number of hydrogen-bond donors (Lipinski definition) is 0. The van der Waals surface area contributed by atoms with Crippen molar-refractivity contribution in [3.05, 3.63) is 39.7 Å². The van der Waals surface area contributed by atoms with E-state index in [0.717, 1.165) is 31.0 Å². The predicted molar refractivity (Wildman–Crippen MR) is 67.3 cm³/mol. The zero-order chi connectivity index (χ0) is 14.7. The van der Waals surface area contributed by atoms with E-state index in [9.17, 15) is 19.3 Å². The SMILES string of the molecule is N#CC1CCCCN1C(=O)c1cc(F)cc([N+](=O)[O-])c1. The van der Waals surface area contributed by atoms with Crippen molar-refractivity contribution in [3.63, 3.8) is 0 Å². The third kappa shape index (κ3) is 2.74. The molecule has 0 radical (unpaired) electrons. The zero-order valence-electron chi connectivity index (χ0n) is 10.6. The molecule has 0 aromatic heterocycles. The van der Waals surface area contributed by atoms with E-state index in [0.29, 0.717) is 13.0 Å². The van der Waals surface area contributed by atoms with E-state index in [-0.39, 0.29) is 5.56 Å². The van der Waals surface area contributed by atoms with Crippen molar-refractivity contribution in [2.45, 2.75) is 25.3 Å². The first-order valence-corrected chi connectivity index (χ1v) is 6.18. The average Bonchev–Trinajstić information content (AvgIpc) is 2.45. The first kappa shape index (κ1) is 13.9. The number of nitro groups is 1. The molecule has 1 aromatic carbocycles. The second-order valence-electron chi connectivity index (χ2n) is 4.59. The molecule has 1 aliphatic rings. The van der Waals surface area contributed by atoms with Crippen LogP contribution in [0.1, 0.15) is 29.6 Å². The van der Waals surface area contributed by atoms with Gasteiger partial charge in [-0.05, 0) is 25.3 Å². The number of likely N-dealkylation sites (tertiary alicyclic amines) is 1. The fraction of sp³-hybridized carbons (Fsp3) is 0.385. The smallest absolute Gasteiger partial charge is 0.273 e. The first-order valence-electron chi connectivity index (χ1n) is 6.18. The molecule has 6 nitrogen and oxygen atoms in total. The minimum Gasteiger partial charge on any atom is -0.323 e. The van der Waals surface area contributed by atoms with Crippen molar-refractivity contribution < 1.29 is 14.1 Å². The number of non-ortho nitro benzene ring substituents is 1. The summed E-state index contributed by atoms with van der Waals surface area (Å²) >= 11 is 0. The normalized spacial score (nSPS) is 18.4. The summed E-state index contributed by atoms with van der Waals surface area (Å²) in [7, 11) is 0. The summed E-state index contributed by atoms with van der Waals surface area (Å²) in [6.07, 6.45) is 2.19. The molecule has 1 amide bonds. The monoisotopic (exact) mass is 277 g/mol. The lowest BCUT2D eigenvalue weighted by molar-refractivity contribution is -0.385. The highest BCUT2D eigenvalue weighted by molar-refractivity contribution is 5.95. The van der Waals surface area contributed by atoms with Gasteiger partial charge in [-0.3, -0.25) is 14.9 Å². The summed E-state index contributed by atoms with van der Waals surface area (Å²) in [5.74, 6) is -1.38. The molecule has 1 aromatic rings. The van der Waals surface area contributed by atoms with Gasteiger partial charge in [-0.15, -0.1) is 0 Å². The lowest BCUT2D eigenvalue weighted by Crippen LogP contribution is -2.43. The molecule has 2 rings (SSSR count). The summed E-state index contributed by atoms with van der Waals surface area (Å²) in [5, 5.41) is 19.7. The highest BCUT2D eigenvalue weighted by Gasteiger charge is 2.28. The molecule has 0 spiro atoms. The lowest BCUT2D eigenvalue weighted by atomic mass is 10.0. The first-order chi connectivity index (χ1) is 9.52. The van der Waals surface area contributed by atoms with Gasteiger partial charge in [0.15, 0.2) is 0 Å². The van der Waals surface area contributed by atoms with Gasteiger partial charge >= 0.3 is 0 Å². The maximum Gasteiger partial charge on any atom is 0.273 e. The fourth-order valence-electron chi connectivity index (χ4n) is 2.28. The number of halogens is 1. The molecular formula is C13H12FN3O3. The quantitative estimate of drug-likeness (QED) is 0.612. The van der Waals surface area contributed by atoms with Gasteiger partial charge in [0.2, 0.25) is 0 Å². The van der Waals surface area contributed by atoms with Crippen LogP contribution in [0.3, 0.4) is 0 Å². The van der Waals surface area contributed by atoms with Gasteiger partial charge < -0.3 is 4.90 Å². The summed E-state index contributed by atoms with van der Waals surface area (Å²) in [4.78, 5) is 23.6. The minimum atomic E-state index is -0.840. The van der Waals surface area contributed by atoms with E-state index in [1.807, 2.05) is 6.07 Å². The molecule has 1 fully saturated rings. The molecule has 7 heteroatoms. The number of rotatable bonds is 2. The van der Waals surface area contributed by atoms with Crippen molar-refractivity contribution >= 4 is 11.6 Å². The third-order valence-electron chi connectivity index (χ3n) is 3.25. The minimum absolute atomic E-state index is 0.0983. The number of piperidine rings is 1. The molecule has 20 heavy (non-hydrogen) atoms. The Bertz CT molecular complexity index is 597.